The molecular weight excluding hydrogens is 328 g/mol. The molecule has 0 saturated heterocycles. The first-order valence-electron chi connectivity index (χ1n) is 7.07. The molecule has 4 heteroatoms. The van der Waals surface area contributed by atoms with Crippen molar-refractivity contribution in [2.45, 2.75) is 32.2 Å². The number of hydrogen-bond donors (Lipinski definition) is 1. The third-order valence-electron chi connectivity index (χ3n) is 3.20. The van der Waals surface area contributed by atoms with E-state index in [0.29, 0.717) is 12.8 Å². The second kappa shape index (κ2) is 7.93. The molecule has 2 aromatic rings. The Bertz CT molecular complexity index is 569. The van der Waals surface area contributed by atoms with Gasteiger partial charge in [-0.25, -0.2) is 0 Å². The lowest BCUT2D eigenvalue weighted by Crippen LogP contribution is -2.34. The molecule has 1 aromatic heterocycles. The molecule has 21 heavy (non-hydrogen) atoms. The number of amides is 1. The zero-order valence-electron chi connectivity index (χ0n) is 12.1. The van der Waals surface area contributed by atoms with Crippen molar-refractivity contribution in [2.24, 2.45) is 0 Å². The van der Waals surface area contributed by atoms with Crippen LogP contribution in [-0.4, -0.2) is 16.9 Å². The van der Waals surface area contributed by atoms with E-state index in [0.717, 1.165) is 16.6 Å². The van der Waals surface area contributed by atoms with Gasteiger partial charge in [0, 0.05) is 28.8 Å². The number of rotatable bonds is 6. The van der Waals surface area contributed by atoms with Crippen molar-refractivity contribution in [1.82, 2.24) is 10.3 Å². The van der Waals surface area contributed by atoms with E-state index >= 15 is 0 Å². The predicted molar refractivity (Wildman–Crippen MR) is 88.0 cm³/mol. The smallest absolute Gasteiger partial charge is 0.220 e. The molecular formula is C17H19BrN2O. The Morgan fingerprint density at radius 1 is 1.24 bits per heavy atom. The first kappa shape index (κ1) is 15.7. The Labute approximate surface area is 133 Å². The van der Waals surface area contributed by atoms with Crippen molar-refractivity contribution in [3.63, 3.8) is 0 Å². The molecule has 2 rings (SSSR count). The molecule has 1 atom stereocenters. The Morgan fingerprint density at radius 3 is 2.67 bits per heavy atom. The molecule has 110 valence electrons. The van der Waals surface area contributed by atoms with Gasteiger partial charge in [-0.05, 0) is 49.6 Å². The Kier molecular flexibility index (Phi) is 5.93. The minimum absolute atomic E-state index is 0.0743. The van der Waals surface area contributed by atoms with E-state index in [2.05, 4.69) is 38.4 Å². The van der Waals surface area contributed by atoms with Gasteiger partial charge in [-0.3, -0.25) is 9.78 Å². The van der Waals surface area contributed by atoms with E-state index in [1.54, 1.807) is 6.20 Å². The van der Waals surface area contributed by atoms with Crippen molar-refractivity contribution < 1.29 is 4.79 Å². The average Bonchev–Trinajstić information content (AvgIpc) is 2.48. The van der Waals surface area contributed by atoms with Gasteiger partial charge in [0.2, 0.25) is 5.91 Å². The van der Waals surface area contributed by atoms with Crippen molar-refractivity contribution in [3.8, 4) is 0 Å². The molecule has 3 nitrogen and oxygen atoms in total. The fraction of sp³-hybridized carbons (Fsp3) is 0.294. The van der Waals surface area contributed by atoms with Crippen LogP contribution in [0.2, 0.25) is 0 Å². The largest absolute Gasteiger partial charge is 0.353 e. The number of hydrogen-bond acceptors (Lipinski definition) is 2. The van der Waals surface area contributed by atoms with Gasteiger partial charge in [-0.15, -0.1) is 0 Å². The highest BCUT2D eigenvalue weighted by Gasteiger charge is 2.08. The molecule has 0 aliphatic rings. The van der Waals surface area contributed by atoms with Crippen LogP contribution in [0.1, 0.15) is 24.6 Å². The molecule has 0 bridgehead atoms. The molecule has 0 radical (unpaired) electrons. The molecule has 0 saturated carbocycles. The summed E-state index contributed by atoms with van der Waals surface area (Å²) in [5, 5.41) is 3.03. The van der Waals surface area contributed by atoms with Gasteiger partial charge in [-0.1, -0.05) is 34.1 Å². The SMILES string of the molecule is C[C@H](Cc1ccc(Br)cc1)NC(=O)CCc1ccccn1. The zero-order valence-corrected chi connectivity index (χ0v) is 13.6. The Hall–Kier alpha value is -1.68. The van der Waals surface area contributed by atoms with Crippen LogP contribution in [0.15, 0.2) is 53.1 Å². The third kappa shape index (κ3) is 5.68. The summed E-state index contributed by atoms with van der Waals surface area (Å²) in [6, 6.07) is 14.1. The second-order valence-corrected chi connectivity index (χ2v) is 6.04. The number of halogens is 1. The number of nitrogens with zero attached hydrogens (tertiary/aromatic N) is 1. The van der Waals surface area contributed by atoms with Gasteiger partial charge in [0.05, 0.1) is 0 Å². The maximum atomic E-state index is 11.9. The maximum Gasteiger partial charge on any atom is 0.220 e. The second-order valence-electron chi connectivity index (χ2n) is 5.12. The summed E-state index contributed by atoms with van der Waals surface area (Å²) in [5.74, 6) is 0.0743. The van der Waals surface area contributed by atoms with E-state index in [9.17, 15) is 4.79 Å². The van der Waals surface area contributed by atoms with Crippen molar-refractivity contribution in [1.29, 1.82) is 0 Å². The fourth-order valence-electron chi connectivity index (χ4n) is 2.16. The fourth-order valence-corrected chi connectivity index (χ4v) is 2.42. The summed E-state index contributed by atoms with van der Waals surface area (Å²) in [5.41, 5.74) is 2.17. The minimum Gasteiger partial charge on any atom is -0.353 e. The lowest BCUT2D eigenvalue weighted by Gasteiger charge is -2.14. The quantitative estimate of drug-likeness (QED) is 0.869. The van der Waals surface area contributed by atoms with Crippen LogP contribution in [0.3, 0.4) is 0 Å². The van der Waals surface area contributed by atoms with E-state index in [-0.39, 0.29) is 11.9 Å². The van der Waals surface area contributed by atoms with Crippen LogP contribution in [0, 0.1) is 0 Å². The van der Waals surface area contributed by atoms with Crippen molar-refractivity contribution in [2.75, 3.05) is 0 Å². The molecule has 1 amide bonds. The first-order chi connectivity index (χ1) is 10.1. The highest BCUT2D eigenvalue weighted by molar-refractivity contribution is 9.10. The molecule has 0 fully saturated rings. The molecule has 1 aromatic carbocycles. The molecule has 0 unspecified atom stereocenters. The Balaban J connectivity index is 1.75. The van der Waals surface area contributed by atoms with Gasteiger partial charge in [0.15, 0.2) is 0 Å². The summed E-state index contributed by atoms with van der Waals surface area (Å²) >= 11 is 3.42. The van der Waals surface area contributed by atoms with Gasteiger partial charge in [-0.2, -0.15) is 0 Å². The van der Waals surface area contributed by atoms with Gasteiger partial charge in [0.25, 0.3) is 0 Å². The number of nitrogens with one attached hydrogen (secondary N) is 1. The highest BCUT2D eigenvalue weighted by Crippen LogP contribution is 2.12. The first-order valence-corrected chi connectivity index (χ1v) is 7.86. The number of benzene rings is 1. The highest BCUT2D eigenvalue weighted by atomic mass is 79.9. The van der Waals surface area contributed by atoms with Crippen molar-refractivity contribution >= 4 is 21.8 Å². The van der Waals surface area contributed by atoms with Crippen LogP contribution in [0.25, 0.3) is 0 Å². The van der Waals surface area contributed by atoms with Gasteiger partial charge in [0.1, 0.15) is 0 Å². The van der Waals surface area contributed by atoms with Crippen molar-refractivity contribution in [3.05, 3.63) is 64.4 Å². The molecule has 0 spiro atoms. The summed E-state index contributed by atoms with van der Waals surface area (Å²) in [6.07, 6.45) is 3.74. The minimum atomic E-state index is 0.0743. The van der Waals surface area contributed by atoms with Crippen LogP contribution in [-0.2, 0) is 17.6 Å². The van der Waals surface area contributed by atoms with Crippen LogP contribution < -0.4 is 5.32 Å². The molecule has 1 heterocycles. The van der Waals surface area contributed by atoms with Gasteiger partial charge < -0.3 is 5.32 Å². The summed E-state index contributed by atoms with van der Waals surface area (Å²) < 4.78 is 1.07. The normalized spacial score (nSPS) is 11.9. The standard InChI is InChI=1S/C17H19BrN2O/c1-13(12-14-5-7-15(18)8-6-14)20-17(21)10-9-16-4-2-3-11-19-16/h2-8,11,13H,9-10,12H2,1H3,(H,20,21)/t13-/m1/s1. The topological polar surface area (TPSA) is 42.0 Å². The van der Waals surface area contributed by atoms with Gasteiger partial charge >= 0.3 is 0 Å². The molecule has 1 N–H and O–H groups in total. The summed E-state index contributed by atoms with van der Waals surface area (Å²) in [7, 11) is 0. The molecule has 0 aliphatic carbocycles. The average molecular weight is 347 g/mol. The lowest BCUT2D eigenvalue weighted by atomic mass is 10.1. The van der Waals surface area contributed by atoms with Crippen LogP contribution in [0.4, 0.5) is 0 Å². The van der Waals surface area contributed by atoms with E-state index in [1.165, 1.54) is 5.56 Å². The maximum absolute atomic E-state index is 11.9. The lowest BCUT2D eigenvalue weighted by molar-refractivity contribution is -0.121. The predicted octanol–water partition coefficient (Wildman–Crippen LogP) is 3.52. The Morgan fingerprint density at radius 2 is 2.00 bits per heavy atom. The van der Waals surface area contributed by atoms with E-state index in [1.807, 2.05) is 37.3 Å². The number of aromatic nitrogens is 1. The van der Waals surface area contributed by atoms with E-state index in [4.69, 9.17) is 0 Å². The third-order valence-corrected chi connectivity index (χ3v) is 3.73. The number of aryl methyl sites for hydroxylation is 1. The van der Waals surface area contributed by atoms with E-state index < -0.39 is 0 Å². The molecule has 0 aliphatic heterocycles. The summed E-state index contributed by atoms with van der Waals surface area (Å²) in [6.45, 7) is 2.03. The van der Waals surface area contributed by atoms with Crippen LogP contribution in [0.5, 0.6) is 0 Å². The monoisotopic (exact) mass is 346 g/mol. The number of carbonyl (C=O) groups excluding carboxylic acids is 1. The van der Waals surface area contributed by atoms with Crippen LogP contribution >= 0.6 is 15.9 Å². The number of carbonyl (C=O) groups is 1. The number of pyridine rings is 1. The summed E-state index contributed by atoms with van der Waals surface area (Å²) in [4.78, 5) is 16.1. The zero-order chi connectivity index (χ0) is 15.1.